The van der Waals surface area contributed by atoms with Crippen molar-refractivity contribution in [1.82, 2.24) is 4.90 Å². The zero-order valence-corrected chi connectivity index (χ0v) is 11.6. The van der Waals surface area contributed by atoms with Crippen LogP contribution in [0.25, 0.3) is 0 Å². The highest BCUT2D eigenvalue weighted by molar-refractivity contribution is 7.12. The van der Waals surface area contributed by atoms with Crippen LogP contribution in [0, 0.1) is 16.7 Å². The number of methoxy groups -OCH3 is 1. The largest absolute Gasteiger partial charge is 0.469 e. The molecule has 6 heteroatoms. The van der Waals surface area contributed by atoms with E-state index in [1.54, 1.807) is 23.3 Å². The molecule has 1 aromatic rings. The van der Waals surface area contributed by atoms with E-state index in [-0.39, 0.29) is 11.9 Å². The van der Waals surface area contributed by atoms with Gasteiger partial charge in [-0.05, 0) is 24.8 Å². The third kappa shape index (κ3) is 2.34. The molecule has 100 valence electrons. The second kappa shape index (κ2) is 5.02. The number of amides is 1. The summed E-state index contributed by atoms with van der Waals surface area (Å²) in [5.74, 6) is -0.478. The van der Waals surface area contributed by atoms with E-state index in [1.165, 1.54) is 18.4 Å². The van der Waals surface area contributed by atoms with Crippen molar-refractivity contribution in [3.8, 4) is 6.07 Å². The van der Waals surface area contributed by atoms with E-state index in [0.717, 1.165) is 0 Å². The molecule has 1 atom stereocenters. The molecule has 1 amide bonds. The Morgan fingerprint density at radius 3 is 2.95 bits per heavy atom. The number of carbonyl (C=O) groups is 2. The molecule has 1 aromatic heterocycles. The molecule has 5 nitrogen and oxygen atoms in total. The fourth-order valence-corrected chi connectivity index (χ4v) is 3.06. The van der Waals surface area contributed by atoms with Gasteiger partial charge in [0.15, 0.2) is 0 Å². The molecule has 1 fully saturated rings. The quantitative estimate of drug-likeness (QED) is 0.771. The summed E-state index contributed by atoms with van der Waals surface area (Å²) >= 11 is 1.25. The second-order valence-electron chi connectivity index (χ2n) is 4.80. The lowest BCUT2D eigenvalue weighted by atomic mass is 9.90. The number of hydrogen-bond acceptors (Lipinski definition) is 5. The Balaban J connectivity index is 2.16. The van der Waals surface area contributed by atoms with Gasteiger partial charge in [0.25, 0.3) is 5.91 Å². The highest BCUT2D eigenvalue weighted by atomic mass is 32.1. The normalized spacial score (nSPS) is 22.1. The zero-order chi connectivity index (χ0) is 14.0. The van der Waals surface area contributed by atoms with Crippen LogP contribution in [0.2, 0.25) is 0 Å². The van der Waals surface area contributed by atoms with E-state index in [9.17, 15) is 9.59 Å². The van der Waals surface area contributed by atoms with Crippen LogP contribution in [0.3, 0.4) is 0 Å². The van der Waals surface area contributed by atoms with Gasteiger partial charge in [-0.1, -0.05) is 0 Å². The summed E-state index contributed by atoms with van der Waals surface area (Å²) in [6.45, 7) is 2.64. The van der Waals surface area contributed by atoms with Gasteiger partial charge in [-0.15, -0.1) is 11.3 Å². The van der Waals surface area contributed by atoms with E-state index < -0.39 is 5.41 Å². The number of rotatable bonds is 2. The molecule has 0 N–H and O–H groups in total. The fraction of sp³-hybridized carbons (Fsp3) is 0.462. The Morgan fingerprint density at radius 2 is 2.32 bits per heavy atom. The predicted molar refractivity (Wildman–Crippen MR) is 69.7 cm³/mol. The Hall–Kier alpha value is -1.87. The minimum atomic E-state index is -0.644. The van der Waals surface area contributed by atoms with Crippen LogP contribution in [0.4, 0.5) is 0 Å². The molecule has 2 heterocycles. The summed E-state index contributed by atoms with van der Waals surface area (Å²) in [6.07, 6.45) is 0.582. The van der Waals surface area contributed by atoms with Crippen molar-refractivity contribution in [2.75, 3.05) is 20.2 Å². The standard InChI is InChI=1S/C13H14N2O3S/c1-13(12(17)18-2)4-5-15(8-13)11(16)10-9(7-14)3-6-19-10/h3,6H,4-5,8H2,1-2H3. The van der Waals surface area contributed by atoms with Crippen molar-refractivity contribution in [2.24, 2.45) is 5.41 Å². The number of thiophene rings is 1. The summed E-state index contributed by atoms with van der Waals surface area (Å²) in [5, 5.41) is 10.7. The molecular weight excluding hydrogens is 264 g/mol. The lowest BCUT2D eigenvalue weighted by molar-refractivity contribution is -0.150. The summed E-state index contributed by atoms with van der Waals surface area (Å²) < 4.78 is 4.77. The van der Waals surface area contributed by atoms with Gasteiger partial charge in [0.1, 0.15) is 10.9 Å². The van der Waals surface area contributed by atoms with E-state index in [4.69, 9.17) is 10.00 Å². The zero-order valence-electron chi connectivity index (χ0n) is 10.8. The maximum atomic E-state index is 12.3. The molecular formula is C13H14N2O3S. The summed E-state index contributed by atoms with van der Waals surface area (Å²) in [6, 6.07) is 3.64. The molecule has 2 rings (SSSR count). The molecule has 19 heavy (non-hydrogen) atoms. The van der Waals surface area contributed by atoms with Gasteiger partial charge in [-0.25, -0.2) is 0 Å². The highest BCUT2D eigenvalue weighted by Crippen LogP contribution is 2.33. The lowest BCUT2D eigenvalue weighted by Crippen LogP contribution is -2.35. The topological polar surface area (TPSA) is 70.4 Å². The average molecular weight is 278 g/mol. The molecule has 0 aliphatic carbocycles. The Kier molecular flexibility index (Phi) is 3.58. The van der Waals surface area contributed by atoms with Crippen LogP contribution in [0.5, 0.6) is 0 Å². The minimum absolute atomic E-state index is 0.181. The fourth-order valence-electron chi connectivity index (χ4n) is 2.25. The first-order valence-corrected chi connectivity index (χ1v) is 6.75. The van der Waals surface area contributed by atoms with Gasteiger partial charge in [0, 0.05) is 13.1 Å². The van der Waals surface area contributed by atoms with Crippen LogP contribution in [0.15, 0.2) is 11.4 Å². The van der Waals surface area contributed by atoms with Crippen LogP contribution >= 0.6 is 11.3 Å². The summed E-state index contributed by atoms with van der Waals surface area (Å²) in [4.78, 5) is 26.1. The van der Waals surface area contributed by atoms with Gasteiger partial charge in [0.05, 0.1) is 18.1 Å². The minimum Gasteiger partial charge on any atom is -0.469 e. The van der Waals surface area contributed by atoms with Crippen LogP contribution in [-0.2, 0) is 9.53 Å². The van der Waals surface area contributed by atoms with Crippen molar-refractivity contribution in [2.45, 2.75) is 13.3 Å². The molecule has 1 aliphatic rings. The van der Waals surface area contributed by atoms with E-state index in [1.807, 2.05) is 6.07 Å². The molecule has 1 saturated heterocycles. The van der Waals surface area contributed by atoms with Crippen LogP contribution < -0.4 is 0 Å². The smallest absolute Gasteiger partial charge is 0.313 e. The number of esters is 1. The SMILES string of the molecule is COC(=O)C1(C)CCN(C(=O)c2sccc2C#N)C1. The van der Waals surface area contributed by atoms with Gasteiger partial charge in [-0.2, -0.15) is 5.26 Å². The maximum absolute atomic E-state index is 12.3. The van der Waals surface area contributed by atoms with Gasteiger partial charge >= 0.3 is 5.97 Å². The van der Waals surface area contributed by atoms with Gasteiger partial charge < -0.3 is 9.64 Å². The van der Waals surface area contributed by atoms with E-state index in [0.29, 0.717) is 30.0 Å². The van der Waals surface area contributed by atoms with Crippen molar-refractivity contribution in [1.29, 1.82) is 5.26 Å². The molecule has 0 aromatic carbocycles. The number of ether oxygens (including phenoxy) is 1. The molecule has 0 saturated carbocycles. The molecule has 0 bridgehead atoms. The first-order valence-electron chi connectivity index (χ1n) is 5.87. The monoisotopic (exact) mass is 278 g/mol. The number of nitriles is 1. The van der Waals surface area contributed by atoms with Crippen molar-refractivity contribution < 1.29 is 14.3 Å². The molecule has 0 radical (unpaired) electrons. The van der Waals surface area contributed by atoms with E-state index in [2.05, 4.69) is 0 Å². The van der Waals surface area contributed by atoms with Crippen molar-refractivity contribution in [3.63, 3.8) is 0 Å². The van der Waals surface area contributed by atoms with E-state index >= 15 is 0 Å². The Morgan fingerprint density at radius 1 is 1.58 bits per heavy atom. The molecule has 1 unspecified atom stereocenters. The second-order valence-corrected chi connectivity index (χ2v) is 5.72. The molecule has 0 spiro atoms. The lowest BCUT2D eigenvalue weighted by Gasteiger charge is -2.21. The van der Waals surface area contributed by atoms with Gasteiger partial charge in [-0.3, -0.25) is 9.59 Å². The number of likely N-dealkylation sites (tertiary alicyclic amines) is 1. The van der Waals surface area contributed by atoms with Crippen molar-refractivity contribution >= 4 is 23.2 Å². The van der Waals surface area contributed by atoms with Crippen LogP contribution in [-0.4, -0.2) is 37.0 Å². The number of nitrogens with zero attached hydrogens (tertiary/aromatic N) is 2. The van der Waals surface area contributed by atoms with Crippen molar-refractivity contribution in [3.05, 3.63) is 21.9 Å². The molecule has 1 aliphatic heterocycles. The Bertz CT molecular complexity index is 560. The Labute approximate surface area is 115 Å². The maximum Gasteiger partial charge on any atom is 0.313 e. The summed E-state index contributed by atoms with van der Waals surface area (Å²) in [7, 11) is 1.35. The number of carbonyl (C=O) groups excluding carboxylic acids is 2. The number of hydrogen-bond donors (Lipinski definition) is 0. The van der Waals surface area contributed by atoms with Crippen LogP contribution in [0.1, 0.15) is 28.6 Å². The first-order chi connectivity index (χ1) is 9.01. The highest BCUT2D eigenvalue weighted by Gasteiger charge is 2.43. The third-order valence-electron chi connectivity index (χ3n) is 3.42. The third-order valence-corrected chi connectivity index (χ3v) is 4.32. The predicted octanol–water partition coefficient (Wildman–Crippen LogP) is 1.64. The van der Waals surface area contributed by atoms with Gasteiger partial charge in [0.2, 0.25) is 0 Å². The first kappa shape index (κ1) is 13.6. The summed E-state index contributed by atoms with van der Waals surface area (Å²) in [5.41, 5.74) is -0.254. The average Bonchev–Trinajstić information content (AvgIpc) is 3.04.